The molecule has 19 heavy (non-hydrogen) atoms. The molecule has 0 saturated heterocycles. The fraction of sp³-hybridized carbons (Fsp3) is 0. The molecular formula is C13H8N2O3S. The summed E-state index contributed by atoms with van der Waals surface area (Å²) < 4.78 is 5.17. The number of aromatic carboxylic acids is 1. The Morgan fingerprint density at radius 3 is 2.58 bits per heavy atom. The van der Waals surface area contributed by atoms with Crippen molar-refractivity contribution >= 4 is 17.3 Å². The monoisotopic (exact) mass is 272 g/mol. The van der Waals surface area contributed by atoms with Gasteiger partial charge in [0.05, 0.1) is 5.56 Å². The Morgan fingerprint density at radius 1 is 1.16 bits per heavy atom. The van der Waals surface area contributed by atoms with E-state index < -0.39 is 5.97 Å². The quantitative estimate of drug-likeness (QED) is 0.792. The predicted octanol–water partition coefficient (Wildman–Crippen LogP) is 3.16. The molecule has 0 aliphatic carbocycles. The van der Waals surface area contributed by atoms with E-state index in [1.165, 1.54) is 12.1 Å². The summed E-state index contributed by atoms with van der Waals surface area (Å²) in [6.07, 6.45) is 0. The molecule has 94 valence electrons. The fourth-order valence-corrected chi connectivity index (χ4v) is 2.24. The van der Waals surface area contributed by atoms with E-state index in [0.29, 0.717) is 17.3 Å². The molecule has 3 aromatic rings. The van der Waals surface area contributed by atoms with Crippen LogP contribution in [0.1, 0.15) is 10.4 Å². The van der Waals surface area contributed by atoms with E-state index in [1.54, 1.807) is 23.5 Å². The lowest BCUT2D eigenvalue weighted by molar-refractivity contribution is 0.0697. The summed E-state index contributed by atoms with van der Waals surface area (Å²) in [5.41, 5.74) is 1.82. The Kier molecular flexibility index (Phi) is 2.85. The maximum atomic E-state index is 10.8. The molecule has 0 spiro atoms. The molecule has 5 nitrogen and oxygen atoms in total. The molecule has 0 radical (unpaired) electrons. The van der Waals surface area contributed by atoms with E-state index in [1.807, 2.05) is 16.8 Å². The van der Waals surface area contributed by atoms with Crippen LogP contribution in [0, 0.1) is 0 Å². The molecular weight excluding hydrogens is 264 g/mol. The first kappa shape index (κ1) is 11.6. The molecule has 1 aromatic carbocycles. The van der Waals surface area contributed by atoms with E-state index in [0.717, 1.165) is 5.56 Å². The van der Waals surface area contributed by atoms with Gasteiger partial charge in [0, 0.05) is 16.5 Å². The van der Waals surface area contributed by atoms with Crippen LogP contribution in [0.3, 0.4) is 0 Å². The Morgan fingerprint density at radius 2 is 1.95 bits per heavy atom. The van der Waals surface area contributed by atoms with Gasteiger partial charge in [-0.3, -0.25) is 0 Å². The largest absolute Gasteiger partial charge is 0.478 e. The minimum absolute atomic E-state index is 0.223. The van der Waals surface area contributed by atoms with E-state index in [-0.39, 0.29) is 5.56 Å². The maximum Gasteiger partial charge on any atom is 0.335 e. The third-order valence-electron chi connectivity index (χ3n) is 2.58. The number of nitrogens with zero attached hydrogens (tertiary/aromatic N) is 2. The fourth-order valence-electron chi connectivity index (χ4n) is 1.61. The van der Waals surface area contributed by atoms with Gasteiger partial charge >= 0.3 is 5.97 Å². The lowest BCUT2D eigenvalue weighted by Gasteiger charge is -1.95. The van der Waals surface area contributed by atoms with Crippen molar-refractivity contribution in [2.45, 2.75) is 0 Å². The van der Waals surface area contributed by atoms with Gasteiger partial charge in [-0.1, -0.05) is 5.16 Å². The third-order valence-corrected chi connectivity index (χ3v) is 3.27. The highest BCUT2D eigenvalue weighted by Crippen LogP contribution is 2.23. The maximum absolute atomic E-state index is 10.8. The normalized spacial score (nSPS) is 10.5. The summed E-state index contributed by atoms with van der Waals surface area (Å²) in [5, 5.41) is 16.6. The number of carbonyl (C=O) groups is 1. The lowest BCUT2D eigenvalue weighted by Crippen LogP contribution is -1.94. The van der Waals surface area contributed by atoms with Crippen molar-refractivity contribution in [3.63, 3.8) is 0 Å². The highest BCUT2D eigenvalue weighted by Gasteiger charge is 2.11. The number of hydrogen-bond donors (Lipinski definition) is 1. The van der Waals surface area contributed by atoms with Crippen molar-refractivity contribution in [2.24, 2.45) is 0 Å². The molecule has 2 heterocycles. The molecule has 1 N–H and O–H groups in total. The van der Waals surface area contributed by atoms with Crippen molar-refractivity contribution in [1.29, 1.82) is 0 Å². The van der Waals surface area contributed by atoms with Gasteiger partial charge in [0.1, 0.15) is 0 Å². The first-order chi connectivity index (χ1) is 9.24. The third kappa shape index (κ3) is 2.25. The number of hydrogen-bond acceptors (Lipinski definition) is 5. The number of benzene rings is 1. The van der Waals surface area contributed by atoms with Crippen LogP contribution in [-0.2, 0) is 0 Å². The molecule has 0 aliphatic rings. The molecule has 0 aliphatic heterocycles. The minimum atomic E-state index is -0.962. The second-order valence-corrected chi connectivity index (χ2v) is 4.60. The summed E-state index contributed by atoms with van der Waals surface area (Å²) in [6, 6.07) is 8.22. The van der Waals surface area contributed by atoms with E-state index in [9.17, 15) is 4.79 Å². The molecule has 0 saturated carbocycles. The van der Waals surface area contributed by atoms with Gasteiger partial charge < -0.3 is 9.63 Å². The smallest absolute Gasteiger partial charge is 0.335 e. The zero-order valence-electron chi connectivity index (χ0n) is 9.61. The van der Waals surface area contributed by atoms with E-state index in [2.05, 4.69) is 10.1 Å². The number of rotatable bonds is 3. The van der Waals surface area contributed by atoms with Crippen LogP contribution in [-0.4, -0.2) is 21.2 Å². The van der Waals surface area contributed by atoms with Crippen LogP contribution in [0.25, 0.3) is 22.8 Å². The molecule has 3 rings (SSSR count). The predicted molar refractivity (Wildman–Crippen MR) is 70.0 cm³/mol. The van der Waals surface area contributed by atoms with Crippen molar-refractivity contribution in [1.82, 2.24) is 10.1 Å². The average molecular weight is 272 g/mol. The van der Waals surface area contributed by atoms with Crippen molar-refractivity contribution in [3.8, 4) is 22.8 Å². The molecule has 0 fully saturated rings. The van der Waals surface area contributed by atoms with Gasteiger partial charge in [-0.2, -0.15) is 16.3 Å². The van der Waals surface area contributed by atoms with Gasteiger partial charge in [-0.15, -0.1) is 0 Å². The van der Waals surface area contributed by atoms with Gasteiger partial charge in [0.2, 0.25) is 5.82 Å². The van der Waals surface area contributed by atoms with Crippen LogP contribution >= 0.6 is 11.3 Å². The van der Waals surface area contributed by atoms with Crippen molar-refractivity contribution in [3.05, 3.63) is 46.7 Å². The standard InChI is InChI=1S/C13H8N2O3S/c16-13(17)9-3-1-8(2-4-9)12-14-11(15-18-12)10-5-6-19-7-10/h1-7H,(H,16,17). The van der Waals surface area contributed by atoms with E-state index >= 15 is 0 Å². The van der Waals surface area contributed by atoms with Gasteiger partial charge in [-0.05, 0) is 35.7 Å². The van der Waals surface area contributed by atoms with Crippen LogP contribution in [0.15, 0.2) is 45.6 Å². The molecule has 0 amide bonds. The minimum Gasteiger partial charge on any atom is -0.478 e. The number of carboxylic acid groups (broad SMARTS) is 1. The topological polar surface area (TPSA) is 76.2 Å². The summed E-state index contributed by atoms with van der Waals surface area (Å²) in [5.74, 6) is -0.0623. The van der Waals surface area contributed by atoms with Crippen molar-refractivity contribution in [2.75, 3.05) is 0 Å². The first-order valence-corrected chi connectivity index (χ1v) is 6.38. The Balaban J connectivity index is 1.92. The second kappa shape index (κ2) is 4.66. The zero-order chi connectivity index (χ0) is 13.2. The van der Waals surface area contributed by atoms with Crippen LogP contribution in [0.5, 0.6) is 0 Å². The highest BCUT2D eigenvalue weighted by atomic mass is 32.1. The zero-order valence-corrected chi connectivity index (χ0v) is 10.4. The van der Waals surface area contributed by atoms with Crippen LogP contribution in [0.4, 0.5) is 0 Å². The summed E-state index contributed by atoms with van der Waals surface area (Å²) >= 11 is 1.56. The highest BCUT2D eigenvalue weighted by molar-refractivity contribution is 7.08. The summed E-state index contributed by atoms with van der Waals surface area (Å²) in [4.78, 5) is 15.0. The van der Waals surface area contributed by atoms with Gasteiger partial charge in [0.25, 0.3) is 5.89 Å². The Bertz CT molecular complexity index is 702. The lowest BCUT2D eigenvalue weighted by atomic mass is 10.1. The molecule has 2 aromatic heterocycles. The van der Waals surface area contributed by atoms with Gasteiger partial charge in [-0.25, -0.2) is 4.79 Å². The molecule has 0 bridgehead atoms. The van der Waals surface area contributed by atoms with Crippen LogP contribution in [0.2, 0.25) is 0 Å². The Labute approximate surface area is 112 Å². The number of aromatic nitrogens is 2. The molecule has 6 heteroatoms. The number of carboxylic acids is 1. The van der Waals surface area contributed by atoms with E-state index in [4.69, 9.17) is 9.63 Å². The molecule has 0 unspecified atom stereocenters. The van der Waals surface area contributed by atoms with Gasteiger partial charge in [0.15, 0.2) is 0 Å². The van der Waals surface area contributed by atoms with Crippen LogP contribution < -0.4 is 0 Å². The Hall–Kier alpha value is -2.47. The SMILES string of the molecule is O=C(O)c1ccc(-c2nc(-c3ccsc3)no2)cc1. The first-order valence-electron chi connectivity index (χ1n) is 5.44. The number of thiophene rings is 1. The second-order valence-electron chi connectivity index (χ2n) is 3.82. The summed E-state index contributed by atoms with van der Waals surface area (Å²) in [6.45, 7) is 0. The average Bonchev–Trinajstić information content (AvgIpc) is 3.10. The summed E-state index contributed by atoms with van der Waals surface area (Å²) in [7, 11) is 0. The molecule has 0 atom stereocenters. The van der Waals surface area contributed by atoms with Crippen molar-refractivity contribution < 1.29 is 14.4 Å².